The van der Waals surface area contributed by atoms with Gasteiger partial charge < -0.3 is 15.2 Å². The number of hydrogen-bond donors (Lipinski definition) is 2. The molecule has 0 bridgehead atoms. The molecule has 0 atom stereocenters. The van der Waals surface area contributed by atoms with Gasteiger partial charge in [0, 0.05) is 39.5 Å². The lowest BCUT2D eigenvalue weighted by Crippen LogP contribution is -2.20. The lowest BCUT2D eigenvalue weighted by atomic mass is 10.3. The molecule has 2 aromatic rings. The van der Waals surface area contributed by atoms with Crippen molar-refractivity contribution in [2.75, 3.05) is 18.9 Å². The predicted octanol–water partition coefficient (Wildman–Crippen LogP) is 0.224. The van der Waals surface area contributed by atoms with Crippen molar-refractivity contribution < 1.29 is 4.79 Å². The highest BCUT2D eigenvalue weighted by Crippen LogP contribution is 2.03. The van der Waals surface area contributed by atoms with E-state index in [-0.39, 0.29) is 5.91 Å². The average Bonchev–Trinajstić information content (AvgIpc) is 2.84. The molecule has 0 aliphatic rings. The molecule has 2 N–H and O–H groups in total. The van der Waals surface area contributed by atoms with Gasteiger partial charge in [-0.15, -0.1) is 10.2 Å². The summed E-state index contributed by atoms with van der Waals surface area (Å²) in [5, 5.41) is 13.4. The van der Waals surface area contributed by atoms with E-state index in [2.05, 4.69) is 25.8 Å². The molecule has 2 aromatic heterocycles. The number of hydrogen-bond acceptors (Lipinski definition) is 5. The normalized spacial score (nSPS) is 10.2. The van der Waals surface area contributed by atoms with Crippen LogP contribution in [0.3, 0.4) is 0 Å². The van der Waals surface area contributed by atoms with Gasteiger partial charge in [-0.25, -0.2) is 4.98 Å². The van der Waals surface area contributed by atoms with Gasteiger partial charge in [0.25, 0.3) is 5.91 Å². The second kappa shape index (κ2) is 5.94. The molecule has 100 valence electrons. The number of aromatic nitrogens is 4. The molecule has 0 saturated heterocycles. The number of carbonyl (C=O) groups excluding carboxylic acids is 1. The number of amides is 1. The molecule has 0 radical (unpaired) electrons. The topological polar surface area (TPSA) is 84.7 Å². The van der Waals surface area contributed by atoms with Gasteiger partial charge in [0.2, 0.25) is 0 Å². The Hall–Kier alpha value is -2.44. The summed E-state index contributed by atoms with van der Waals surface area (Å²) in [6.07, 6.45) is 4.48. The Morgan fingerprint density at radius 2 is 2.21 bits per heavy atom. The van der Waals surface area contributed by atoms with E-state index in [1.165, 1.54) is 0 Å². The largest absolute Gasteiger partial charge is 0.368 e. The molecule has 0 spiro atoms. The summed E-state index contributed by atoms with van der Waals surface area (Å²) in [5.74, 6) is 1.40. The molecule has 0 unspecified atom stereocenters. The van der Waals surface area contributed by atoms with Gasteiger partial charge in [-0.3, -0.25) is 4.79 Å². The molecule has 7 nitrogen and oxygen atoms in total. The summed E-state index contributed by atoms with van der Waals surface area (Å²) in [5.41, 5.74) is 0.303. The van der Waals surface area contributed by atoms with Gasteiger partial charge >= 0.3 is 0 Å². The summed E-state index contributed by atoms with van der Waals surface area (Å²) in [7, 11) is 3.52. The van der Waals surface area contributed by atoms with Crippen LogP contribution in [-0.2, 0) is 13.5 Å². The van der Waals surface area contributed by atoms with Crippen LogP contribution in [0.25, 0.3) is 0 Å². The first-order chi connectivity index (χ1) is 9.20. The average molecular weight is 260 g/mol. The number of carbonyl (C=O) groups is 1. The smallest absolute Gasteiger partial charge is 0.271 e. The van der Waals surface area contributed by atoms with Crippen molar-refractivity contribution in [2.45, 2.75) is 6.42 Å². The molecule has 19 heavy (non-hydrogen) atoms. The number of rotatable bonds is 5. The highest BCUT2D eigenvalue weighted by atomic mass is 16.1. The lowest BCUT2D eigenvalue weighted by molar-refractivity contribution is 0.0957. The van der Waals surface area contributed by atoms with Crippen LogP contribution in [0.5, 0.6) is 0 Å². The van der Waals surface area contributed by atoms with Gasteiger partial charge in [0.15, 0.2) is 5.69 Å². The summed E-state index contributed by atoms with van der Waals surface area (Å²) >= 11 is 0. The number of anilines is 1. The van der Waals surface area contributed by atoms with Crippen LogP contribution < -0.4 is 10.6 Å². The van der Waals surface area contributed by atoms with E-state index in [9.17, 15) is 4.79 Å². The van der Waals surface area contributed by atoms with Gasteiger partial charge in [-0.1, -0.05) is 0 Å². The molecular formula is C12H16N6O. The van der Waals surface area contributed by atoms with E-state index in [0.717, 1.165) is 12.2 Å². The maximum Gasteiger partial charge on any atom is 0.271 e. The third kappa shape index (κ3) is 3.27. The minimum atomic E-state index is -0.243. The Kier molecular flexibility index (Phi) is 4.07. The standard InChI is InChI=1S/C12H16N6O/c1-13-12(19)9-3-4-10(17-16-9)14-6-5-11-15-7-8-18(11)2/h3-4,7-8H,5-6H2,1-2H3,(H,13,19)(H,14,17). The zero-order valence-corrected chi connectivity index (χ0v) is 10.9. The summed E-state index contributed by atoms with van der Waals surface area (Å²) < 4.78 is 1.97. The van der Waals surface area contributed by atoms with Crippen LogP contribution >= 0.6 is 0 Å². The predicted molar refractivity (Wildman–Crippen MR) is 70.8 cm³/mol. The third-order valence-corrected chi connectivity index (χ3v) is 2.70. The Balaban J connectivity index is 1.86. The summed E-state index contributed by atoms with van der Waals surface area (Å²) in [4.78, 5) is 15.5. The van der Waals surface area contributed by atoms with Crippen LogP contribution in [-0.4, -0.2) is 39.2 Å². The highest BCUT2D eigenvalue weighted by molar-refractivity contribution is 5.91. The fourth-order valence-electron chi connectivity index (χ4n) is 1.62. The van der Waals surface area contributed by atoms with E-state index < -0.39 is 0 Å². The van der Waals surface area contributed by atoms with Crippen LogP contribution in [0.4, 0.5) is 5.82 Å². The SMILES string of the molecule is CNC(=O)c1ccc(NCCc2nccn2C)nn1. The van der Waals surface area contributed by atoms with Crippen LogP contribution in [0.2, 0.25) is 0 Å². The Morgan fingerprint density at radius 1 is 1.37 bits per heavy atom. The van der Waals surface area contributed by atoms with Crippen LogP contribution in [0, 0.1) is 0 Å². The van der Waals surface area contributed by atoms with Crippen LogP contribution in [0.15, 0.2) is 24.5 Å². The zero-order chi connectivity index (χ0) is 13.7. The molecule has 1 amide bonds. The van der Waals surface area contributed by atoms with Crippen molar-refractivity contribution in [2.24, 2.45) is 7.05 Å². The fraction of sp³-hybridized carbons (Fsp3) is 0.333. The van der Waals surface area contributed by atoms with E-state index in [0.29, 0.717) is 18.1 Å². The monoisotopic (exact) mass is 260 g/mol. The second-order valence-electron chi connectivity index (χ2n) is 4.01. The second-order valence-corrected chi connectivity index (χ2v) is 4.01. The maximum absolute atomic E-state index is 11.3. The molecule has 2 rings (SSSR count). The highest BCUT2D eigenvalue weighted by Gasteiger charge is 2.05. The number of imidazole rings is 1. The van der Waals surface area contributed by atoms with Gasteiger partial charge in [-0.05, 0) is 12.1 Å². The molecule has 0 aromatic carbocycles. The first kappa shape index (κ1) is 13.0. The minimum Gasteiger partial charge on any atom is -0.368 e. The first-order valence-corrected chi connectivity index (χ1v) is 5.96. The van der Waals surface area contributed by atoms with E-state index in [4.69, 9.17) is 0 Å². The number of nitrogens with zero attached hydrogens (tertiary/aromatic N) is 4. The fourth-order valence-corrected chi connectivity index (χ4v) is 1.62. The molecule has 0 fully saturated rings. The number of nitrogens with one attached hydrogen (secondary N) is 2. The van der Waals surface area contributed by atoms with E-state index >= 15 is 0 Å². The minimum absolute atomic E-state index is 0.243. The molecular weight excluding hydrogens is 244 g/mol. The molecule has 2 heterocycles. The molecule has 0 aliphatic heterocycles. The van der Waals surface area contributed by atoms with Crippen molar-refractivity contribution in [1.29, 1.82) is 0 Å². The van der Waals surface area contributed by atoms with E-state index in [1.807, 2.05) is 17.8 Å². The van der Waals surface area contributed by atoms with Crippen molar-refractivity contribution in [1.82, 2.24) is 25.1 Å². The Bertz CT molecular complexity index is 548. The van der Waals surface area contributed by atoms with Crippen molar-refractivity contribution in [3.8, 4) is 0 Å². The van der Waals surface area contributed by atoms with Crippen LogP contribution in [0.1, 0.15) is 16.3 Å². The number of aryl methyl sites for hydroxylation is 1. The third-order valence-electron chi connectivity index (χ3n) is 2.70. The lowest BCUT2D eigenvalue weighted by Gasteiger charge is -2.05. The van der Waals surface area contributed by atoms with Gasteiger partial charge in [-0.2, -0.15) is 0 Å². The summed E-state index contributed by atoms with van der Waals surface area (Å²) in [6, 6.07) is 3.37. The van der Waals surface area contributed by atoms with Crippen molar-refractivity contribution in [3.63, 3.8) is 0 Å². The van der Waals surface area contributed by atoms with Crippen molar-refractivity contribution >= 4 is 11.7 Å². The maximum atomic E-state index is 11.3. The first-order valence-electron chi connectivity index (χ1n) is 5.96. The van der Waals surface area contributed by atoms with Crippen molar-refractivity contribution in [3.05, 3.63) is 36.0 Å². The molecule has 7 heteroatoms. The summed E-state index contributed by atoms with van der Waals surface area (Å²) in [6.45, 7) is 0.707. The molecule has 0 aliphatic carbocycles. The zero-order valence-electron chi connectivity index (χ0n) is 10.9. The van der Waals surface area contributed by atoms with Gasteiger partial charge in [0.1, 0.15) is 11.6 Å². The quantitative estimate of drug-likeness (QED) is 0.803. The Morgan fingerprint density at radius 3 is 2.79 bits per heavy atom. The van der Waals surface area contributed by atoms with E-state index in [1.54, 1.807) is 25.4 Å². The Labute approximate surface area is 111 Å². The molecule has 0 saturated carbocycles. The van der Waals surface area contributed by atoms with Gasteiger partial charge in [0.05, 0.1) is 0 Å².